The molecule has 1 unspecified atom stereocenters. The van der Waals surface area contributed by atoms with Gasteiger partial charge in [-0.15, -0.1) is 0 Å². The van der Waals surface area contributed by atoms with Crippen LogP contribution in [0.5, 0.6) is 0 Å². The molecule has 7 nitrogen and oxygen atoms in total. The number of carboxylic acid groups (broad SMARTS) is 2. The van der Waals surface area contributed by atoms with Crippen molar-refractivity contribution in [1.82, 2.24) is 10.3 Å². The maximum Gasteiger partial charge on any atom is 0.326 e. The molecule has 1 atom stereocenters. The van der Waals surface area contributed by atoms with Crippen molar-refractivity contribution in [2.45, 2.75) is 12.5 Å². The molecule has 4 N–H and O–H groups in total. The number of halogens is 1. The number of nitrogens with one attached hydrogen (secondary N) is 2. The van der Waals surface area contributed by atoms with Crippen molar-refractivity contribution in [3.8, 4) is 0 Å². The number of amides is 1. The molecule has 0 aliphatic rings. The molecule has 0 radical (unpaired) electrons. The van der Waals surface area contributed by atoms with Gasteiger partial charge in [0.2, 0.25) is 0 Å². The molecule has 1 heterocycles. The highest BCUT2D eigenvalue weighted by Crippen LogP contribution is 2.10. The summed E-state index contributed by atoms with van der Waals surface area (Å²) in [5.41, 5.74) is 0.147. The number of aromatic amines is 1. The lowest BCUT2D eigenvalue weighted by molar-refractivity contribution is -0.145. The lowest BCUT2D eigenvalue weighted by Gasteiger charge is -2.11. The van der Waals surface area contributed by atoms with Crippen molar-refractivity contribution >= 4 is 33.8 Å². The van der Waals surface area contributed by atoms with Crippen molar-refractivity contribution < 1.29 is 24.6 Å². The summed E-state index contributed by atoms with van der Waals surface area (Å²) >= 11 is 3.11. The van der Waals surface area contributed by atoms with Crippen LogP contribution in [0.3, 0.4) is 0 Å². The molecule has 0 aliphatic carbocycles. The third-order valence-electron chi connectivity index (χ3n) is 1.87. The molecule has 1 aromatic rings. The number of carbonyl (C=O) groups excluding carboxylic acids is 1. The molecule has 0 aromatic carbocycles. The highest BCUT2D eigenvalue weighted by molar-refractivity contribution is 9.10. The van der Waals surface area contributed by atoms with Crippen LogP contribution in [0.1, 0.15) is 16.9 Å². The maximum atomic E-state index is 11.5. The molecule has 0 saturated heterocycles. The number of carbonyl (C=O) groups is 3. The predicted octanol–water partition coefficient (Wildman–Crippen LogP) is 0.435. The van der Waals surface area contributed by atoms with Crippen molar-refractivity contribution in [2.75, 3.05) is 0 Å². The minimum atomic E-state index is -1.46. The highest BCUT2D eigenvalue weighted by Gasteiger charge is 2.23. The smallest absolute Gasteiger partial charge is 0.326 e. The molecule has 8 heteroatoms. The normalized spacial score (nSPS) is 11.8. The first kappa shape index (κ1) is 13.2. The van der Waals surface area contributed by atoms with Crippen molar-refractivity contribution in [3.63, 3.8) is 0 Å². The third kappa shape index (κ3) is 3.91. The zero-order chi connectivity index (χ0) is 13.0. The van der Waals surface area contributed by atoms with Crippen LogP contribution in [0.15, 0.2) is 16.7 Å². The van der Waals surface area contributed by atoms with Gasteiger partial charge in [0.05, 0.1) is 6.42 Å². The second-order valence-corrected chi connectivity index (χ2v) is 4.11. The number of aliphatic carboxylic acids is 2. The van der Waals surface area contributed by atoms with Crippen LogP contribution in [0.2, 0.25) is 0 Å². The number of aromatic nitrogens is 1. The van der Waals surface area contributed by atoms with Gasteiger partial charge in [0.25, 0.3) is 5.91 Å². The number of rotatable bonds is 5. The van der Waals surface area contributed by atoms with Gasteiger partial charge in [-0.25, -0.2) is 4.79 Å². The van der Waals surface area contributed by atoms with Crippen molar-refractivity contribution in [1.29, 1.82) is 0 Å². The summed E-state index contributed by atoms with van der Waals surface area (Å²) in [5.74, 6) is -3.37. The first-order valence-corrected chi connectivity index (χ1v) is 5.29. The third-order valence-corrected chi connectivity index (χ3v) is 2.33. The summed E-state index contributed by atoms with van der Waals surface area (Å²) in [5, 5.41) is 19.3. The lowest BCUT2D eigenvalue weighted by atomic mass is 10.2. The van der Waals surface area contributed by atoms with Gasteiger partial charge < -0.3 is 20.5 Å². The predicted molar refractivity (Wildman–Crippen MR) is 59.6 cm³/mol. The quantitative estimate of drug-likeness (QED) is 0.629. The second-order valence-electron chi connectivity index (χ2n) is 3.19. The van der Waals surface area contributed by atoms with E-state index in [1.807, 2.05) is 0 Å². The van der Waals surface area contributed by atoms with E-state index >= 15 is 0 Å². The first-order chi connectivity index (χ1) is 7.90. The zero-order valence-corrected chi connectivity index (χ0v) is 10.0. The molecule has 1 aromatic heterocycles. The largest absolute Gasteiger partial charge is 0.481 e. The molecular weight excluding hydrogens is 296 g/mol. The van der Waals surface area contributed by atoms with E-state index in [-0.39, 0.29) is 5.69 Å². The Morgan fingerprint density at radius 1 is 1.41 bits per heavy atom. The van der Waals surface area contributed by atoms with Gasteiger partial charge in [-0.05, 0) is 22.0 Å². The van der Waals surface area contributed by atoms with E-state index in [4.69, 9.17) is 10.2 Å². The van der Waals surface area contributed by atoms with Gasteiger partial charge in [-0.1, -0.05) is 0 Å². The molecule has 0 fully saturated rings. The van der Waals surface area contributed by atoms with Crippen LogP contribution in [-0.2, 0) is 9.59 Å². The van der Waals surface area contributed by atoms with Crippen LogP contribution < -0.4 is 5.32 Å². The molecule has 0 bridgehead atoms. The van der Waals surface area contributed by atoms with E-state index in [1.54, 1.807) is 0 Å². The first-order valence-electron chi connectivity index (χ1n) is 4.49. The topological polar surface area (TPSA) is 119 Å². The molecule has 17 heavy (non-hydrogen) atoms. The summed E-state index contributed by atoms with van der Waals surface area (Å²) in [6.45, 7) is 0. The summed E-state index contributed by atoms with van der Waals surface area (Å²) in [4.78, 5) is 35.3. The van der Waals surface area contributed by atoms with Gasteiger partial charge in [0.1, 0.15) is 11.7 Å². The Hall–Kier alpha value is -1.83. The molecule has 0 spiro atoms. The Morgan fingerprint density at radius 2 is 2.06 bits per heavy atom. The number of H-pyrrole nitrogens is 1. The Kier molecular flexibility index (Phi) is 4.27. The minimum absolute atomic E-state index is 0.147. The van der Waals surface area contributed by atoms with Gasteiger partial charge in [-0.2, -0.15) is 0 Å². The Morgan fingerprint density at radius 3 is 2.47 bits per heavy atom. The standard InChI is InChI=1S/C9H9BrN2O5/c10-4-1-5(11-3-4)8(15)12-6(9(16)17)2-7(13)14/h1,3,6,11H,2H2,(H,12,15)(H,13,14)(H,16,17). The van der Waals surface area contributed by atoms with E-state index in [0.29, 0.717) is 4.47 Å². The van der Waals surface area contributed by atoms with Crippen molar-refractivity contribution in [3.05, 3.63) is 22.4 Å². The Labute approximate surface area is 104 Å². The molecule has 92 valence electrons. The molecular formula is C9H9BrN2O5. The van der Waals surface area contributed by atoms with Crippen LogP contribution in [0, 0.1) is 0 Å². The van der Waals surface area contributed by atoms with Gasteiger partial charge in [0, 0.05) is 10.7 Å². The van der Waals surface area contributed by atoms with Crippen LogP contribution in [0.4, 0.5) is 0 Å². The van der Waals surface area contributed by atoms with Crippen LogP contribution in [-0.4, -0.2) is 39.1 Å². The van der Waals surface area contributed by atoms with E-state index < -0.39 is 30.3 Å². The summed E-state index contributed by atoms with van der Waals surface area (Å²) in [6.07, 6.45) is 0.824. The van der Waals surface area contributed by atoms with Crippen LogP contribution in [0.25, 0.3) is 0 Å². The fraction of sp³-hybridized carbons (Fsp3) is 0.222. The number of hydrogen-bond donors (Lipinski definition) is 4. The fourth-order valence-electron chi connectivity index (χ4n) is 1.11. The fourth-order valence-corrected chi connectivity index (χ4v) is 1.45. The average molecular weight is 305 g/mol. The molecule has 1 rings (SSSR count). The van der Waals surface area contributed by atoms with E-state index in [0.717, 1.165) is 0 Å². The minimum Gasteiger partial charge on any atom is -0.481 e. The monoisotopic (exact) mass is 304 g/mol. The Bertz CT molecular complexity index is 456. The maximum absolute atomic E-state index is 11.5. The van der Waals surface area contributed by atoms with Gasteiger partial charge in [0.15, 0.2) is 0 Å². The van der Waals surface area contributed by atoms with E-state index in [2.05, 4.69) is 26.2 Å². The van der Waals surface area contributed by atoms with Crippen molar-refractivity contribution in [2.24, 2.45) is 0 Å². The Balaban J connectivity index is 2.70. The summed E-state index contributed by atoms with van der Waals surface area (Å²) in [6, 6.07) is -0.00303. The molecule has 0 aliphatic heterocycles. The van der Waals surface area contributed by atoms with E-state index in [9.17, 15) is 14.4 Å². The highest BCUT2D eigenvalue weighted by atomic mass is 79.9. The average Bonchev–Trinajstić information content (AvgIpc) is 2.63. The van der Waals surface area contributed by atoms with Gasteiger partial charge in [-0.3, -0.25) is 9.59 Å². The molecule has 0 saturated carbocycles. The second kappa shape index (κ2) is 5.48. The summed E-state index contributed by atoms with van der Waals surface area (Å²) < 4.78 is 0.632. The number of carboxylic acids is 2. The SMILES string of the molecule is O=C(O)CC(NC(=O)c1cc(Br)c[nH]1)C(=O)O. The van der Waals surface area contributed by atoms with E-state index in [1.165, 1.54) is 12.3 Å². The van der Waals surface area contributed by atoms with Gasteiger partial charge >= 0.3 is 11.9 Å². The lowest BCUT2D eigenvalue weighted by Crippen LogP contribution is -2.42. The summed E-state index contributed by atoms with van der Waals surface area (Å²) in [7, 11) is 0. The zero-order valence-electron chi connectivity index (χ0n) is 8.44. The molecule has 1 amide bonds. The van der Waals surface area contributed by atoms with Crippen LogP contribution >= 0.6 is 15.9 Å². The number of hydrogen-bond acceptors (Lipinski definition) is 3.